The van der Waals surface area contributed by atoms with E-state index in [4.69, 9.17) is 0 Å². The zero-order valence-electron chi connectivity index (χ0n) is 16.4. The molecule has 0 radical (unpaired) electrons. The summed E-state index contributed by atoms with van der Waals surface area (Å²) in [6, 6.07) is 7.70. The number of aromatic nitrogens is 5. The average Bonchev–Trinajstić information content (AvgIpc) is 3.33. The molecule has 9 heteroatoms. The number of nitrogens with one attached hydrogen (secondary N) is 2. The number of amides is 1. The first-order chi connectivity index (χ1) is 14.0. The van der Waals surface area contributed by atoms with Gasteiger partial charge in [-0.3, -0.25) is 9.48 Å². The van der Waals surface area contributed by atoms with Crippen molar-refractivity contribution in [1.29, 1.82) is 0 Å². The molecule has 29 heavy (non-hydrogen) atoms. The first kappa shape index (κ1) is 19.0. The number of hydrogen-bond donors (Lipinski definition) is 2. The molecule has 1 aromatic carbocycles. The topological polar surface area (TPSA) is 97.6 Å². The zero-order chi connectivity index (χ0) is 20.4. The van der Waals surface area contributed by atoms with Crippen molar-refractivity contribution in [2.75, 3.05) is 10.6 Å². The van der Waals surface area contributed by atoms with E-state index < -0.39 is 0 Å². The third-order valence-electron chi connectivity index (χ3n) is 4.45. The highest BCUT2D eigenvalue weighted by Crippen LogP contribution is 2.22. The van der Waals surface area contributed by atoms with Gasteiger partial charge in [0.1, 0.15) is 16.2 Å². The normalized spacial score (nSPS) is 12.1. The van der Waals surface area contributed by atoms with E-state index in [1.807, 2.05) is 55.9 Å². The van der Waals surface area contributed by atoms with Crippen LogP contribution in [-0.4, -0.2) is 30.6 Å². The summed E-state index contributed by atoms with van der Waals surface area (Å²) in [7, 11) is 0. The first-order valence-corrected chi connectivity index (χ1v) is 10.1. The quantitative estimate of drug-likeness (QED) is 0.501. The molecule has 0 aliphatic rings. The van der Waals surface area contributed by atoms with Crippen molar-refractivity contribution in [3.8, 4) is 0 Å². The van der Waals surface area contributed by atoms with Crippen LogP contribution in [0.4, 0.5) is 11.5 Å². The van der Waals surface area contributed by atoms with Crippen molar-refractivity contribution in [3.05, 3.63) is 58.3 Å². The lowest BCUT2D eigenvalue weighted by Crippen LogP contribution is -2.12. The molecule has 0 aliphatic carbocycles. The van der Waals surface area contributed by atoms with Crippen molar-refractivity contribution in [3.63, 3.8) is 0 Å². The van der Waals surface area contributed by atoms with E-state index in [0.717, 1.165) is 28.3 Å². The minimum absolute atomic E-state index is 0.0301. The fourth-order valence-electron chi connectivity index (χ4n) is 2.93. The molecule has 1 amide bonds. The maximum Gasteiger partial charge on any atom is 0.267 e. The lowest BCUT2D eigenvalue weighted by Gasteiger charge is -2.16. The lowest BCUT2D eigenvalue weighted by molar-refractivity contribution is 0.103. The summed E-state index contributed by atoms with van der Waals surface area (Å²) in [5, 5.41) is 11.5. The predicted octanol–water partition coefficient (Wildman–Crippen LogP) is 4.04. The van der Waals surface area contributed by atoms with Crippen molar-refractivity contribution in [2.45, 2.75) is 33.4 Å². The van der Waals surface area contributed by atoms with Crippen LogP contribution in [-0.2, 0) is 6.54 Å². The Kier molecular flexibility index (Phi) is 5.22. The third-order valence-corrected chi connectivity index (χ3v) is 5.37. The van der Waals surface area contributed by atoms with Crippen LogP contribution >= 0.6 is 11.3 Å². The molecule has 2 N–H and O–H groups in total. The molecule has 4 rings (SSSR count). The van der Waals surface area contributed by atoms with Crippen LogP contribution in [0.1, 0.15) is 40.1 Å². The molecule has 0 spiro atoms. The van der Waals surface area contributed by atoms with E-state index in [1.54, 1.807) is 12.4 Å². The SMILES string of the molecule is CCn1cc2ncc(N[C@@H](C)c3cccc(NC(=O)c4cnc(C)s4)c3)nc2n1. The Morgan fingerprint density at radius 2 is 2.14 bits per heavy atom. The second kappa shape index (κ2) is 7.96. The van der Waals surface area contributed by atoms with Gasteiger partial charge in [0.25, 0.3) is 5.91 Å². The van der Waals surface area contributed by atoms with Crippen LogP contribution in [0.2, 0.25) is 0 Å². The average molecular weight is 408 g/mol. The molecule has 8 nitrogen and oxygen atoms in total. The molecule has 0 aliphatic heterocycles. The van der Waals surface area contributed by atoms with Crippen LogP contribution in [0.25, 0.3) is 11.2 Å². The summed E-state index contributed by atoms with van der Waals surface area (Å²) in [5.74, 6) is 0.497. The van der Waals surface area contributed by atoms with Gasteiger partial charge in [-0.25, -0.2) is 15.0 Å². The maximum atomic E-state index is 12.4. The van der Waals surface area contributed by atoms with Crippen LogP contribution in [0.3, 0.4) is 0 Å². The molecule has 0 fully saturated rings. The molecule has 1 atom stereocenters. The smallest absolute Gasteiger partial charge is 0.267 e. The molecule has 0 unspecified atom stereocenters. The Morgan fingerprint density at radius 3 is 2.90 bits per heavy atom. The number of nitrogens with zero attached hydrogens (tertiary/aromatic N) is 5. The highest BCUT2D eigenvalue weighted by molar-refractivity contribution is 7.13. The number of anilines is 2. The summed E-state index contributed by atoms with van der Waals surface area (Å²) in [4.78, 5) is 26.0. The van der Waals surface area contributed by atoms with E-state index in [0.29, 0.717) is 16.3 Å². The Hall–Kier alpha value is -3.33. The molecule has 3 heterocycles. The zero-order valence-corrected chi connectivity index (χ0v) is 17.2. The summed E-state index contributed by atoms with van der Waals surface area (Å²) >= 11 is 1.37. The van der Waals surface area contributed by atoms with Gasteiger partial charge in [-0.1, -0.05) is 12.1 Å². The number of carbonyl (C=O) groups is 1. The van der Waals surface area contributed by atoms with Crippen LogP contribution in [0.5, 0.6) is 0 Å². The van der Waals surface area contributed by atoms with Crippen LogP contribution in [0, 0.1) is 6.92 Å². The maximum absolute atomic E-state index is 12.4. The Morgan fingerprint density at radius 1 is 1.28 bits per heavy atom. The molecular weight excluding hydrogens is 386 g/mol. The van der Waals surface area contributed by atoms with Gasteiger partial charge in [-0.15, -0.1) is 11.3 Å². The minimum atomic E-state index is -0.156. The van der Waals surface area contributed by atoms with Gasteiger partial charge >= 0.3 is 0 Å². The highest BCUT2D eigenvalue weighted by atomic mass is 32.1. The molecule has 4 aromatic rings. The number of benzene rings is 1. The van der Waals surface area contributed by atoms with Crippen molar-refractivity contribution >= 4 is 39.9 Å². The summed E-state index contributed by atoms with van der Waals surface area (Å²) < 4.78 is 1.81. The molecule has 0 saturated heterocycles. The van der Waals surface area contributed by atoms with E-state index in [9.17, 15) is 4.79 Å². The van der Waals surface area contributed by atoms with Crippen LogP contribution in [0.15, 0.2) is 42.9 Å². The summed E-state index contributed by atoms with van der Waals surface area (Å²) in [6.07, 6.45) is 5.18. The number of aryl methyl sites for hydroxylation is 2. The van der Waals surface area contributed by atoms with Gasteiger partial charge in [-0.2, -0.15) is 5.10 Å². The molecule has 0 saturated carbocycles. The van der Waals surface area contributed by atoms with Gasteiger partial charge < -0.3 is 10.6 Å². The van der Waals surface area contributed by atoms with Crippen molar-refractivity contribution < 1.29 is 4.79 Å². The fourth-order valence-corrected chi connectivity index (χ4v) is 3.60. The third kappa shape index (κ3) is 4.24. The molecular formula is C20H21N7OS. The van der Waals surface area contributed by atoms with Gasteiger partial charge in [0.2, 0.25) is 5.65 Å². The van der Waals surface area contributed by atoms with Crippen molar-refractivity contribution in [2.24, 2.45) is 0 Å². The standard InChI is InChI=1S/C20H21N7OS/c1-4-27-11-16-19(26-27)25-18(10-22-16)23-12(2)14-6-5-7-15(8-14)24-20(28)17-9-21-13(3)29-17/h5-12H,4H2,1-3H3,(H,24,28)(H,23,25,26)/t12-/m0/s1. The number of carbonyl (C=O) groups excluding carboxylic acids is 1. The second-order valence-corrected chi connectivity index (χ2v) is 7.87. The van der Waals surface area contributed by atoms with Gasteiger partial charge in [0.05, 0.1) is 29.6 Å². The first-order valence-electron chi connectivity index (χ1n) is 9.32. The minimum Gasteiger partial charge on any atom is -0.362 e. The van der Waals surface area contributed by atoms with Gasteiger partial charge in [0, 0.05) is 12.2 Å². The summed E-state index contributed by atoms with van der Waals surface area (Å²) in [6.45, 7) is 6.71. The fraction of sp³-hybridized carbons (Fsp3) is 0.250. The molecule has 0 bridgehead atoms. The van der Waals surface area contributed by atoms with Crippen molar-refractivity contribution in [1.82, 2.24) is 24.7 Å². The largest absolute Gasteiger partial charge is 0.362 e. The predicted molar refractivity (Wildman–Crippen MR) is 114 cm³/mol. The monoisotopic (exact) mass is 407 g/mol. The van der Waals surface area contributed by atoms with E-state index in [2.05, 4.69) is 30.7 Å². The lowest BCUT2D eigenvalue weighted by atomic mass is 10.1. The van der Waals surface area contributed by atoms with E-state index in [-0.39, 0.29) is 11.9 Å². The van der Waals surface area contributed by atoms with E-state index >= 15 is 0 Å². The molecule has 148 valence electrons. The Labute approximate surface area is 172 Å². The summed E-state index contributed by atoms with van der Waals surface area (Å²) in [5.41, 5.74) is 3.14. The highest BCUT2D eigenvalue weighted by Gasteiger charge is 2.12. The number of thiazole rings is 1. The number of hydrogen-bond acceptors (Lipinski definition) is 7. The van der Waals surface area contributed by atoms with E-state index in [1.165, 1.54) is 11.3 Å². The number of fused-ring (bicyclic) bond motifs is 1. The Balaban J connectivity index is 1.48. The number of rotatable bonds is 6. The van der Waals surface area contributed by atoms with Gasteiger partial charge in [-0.05, 0) is 38.5 Å². The van der Waals surface area contributed by atoms with Gasteiger partial charge in [0.15, 0.2) is 0 Å². The van der Waals surface area contributed by atoms with Crippen LogP contribution < -0.4 is 10.6 Å². The Bertz CT molecular complexity index is 1170. The second-order valence-electron chi connectivity index (χ2n) is 6.64. The molecule has 3 aromatic heterocycles.